The zero-order chi connectivity index (χ0) is 19.1. The molecule has 0 spiro atoms. The molecule has 1 atom stereocenters. The fourth-order valence-electron chi connectivity index (χ4n) is 3.45. The number of nitrogens with two attached hydrogens (primary N) is 1. The molecule has 0 saturated carbocycles. The fraction of sp³-hybridized carbons (Fsp3) is 0.389. The van der Waals surface area contributed by atoms with Gasteiger partial charge in [0, 0.05) is 17.7 Å². The first-order valence-electron chi connectivity index (χ1n) is 8.71. The van der Waals surface area contributed by atoms with Gasteiger partial charge in [0.05, 0.1) is 43.7 Å². The van der Waals surface area contributed by atoms with Gasteiger partial charge in [-0.3, -0.25) is 4.90 Å². The number of nitrogens with zero attached hydrogens (tertiary/aromatic N) is 4. The minimum atomic E-state index is -1.01. The van der Waals surface area contributed by atoms with E-state index in [-0.39, 0.29) is 24.8 Å². The van der Waals surface area contributed by atoms with E-state index in [9.17, 15) is 14.3 Å². The second-order valence-corrected chi connectivity index (χ2v) is 6.79. The highest BCUT2D eigenvalue weighted by molar-refractivity contribution is 5.69. The number of anilines is 2. The molecule has 9 heteroatoms. The average molecular weight is 373 g/mol. The third-order valence-corrected chi connectivity index (χ3v) is 4.93. The van der Waals surface area contributed by atoms with Crippen LogP contribution >= 0.6 is 0 Å². The number of carboxylic acid groups (broad SMARTS) is 1. The largest absolute Gasteiger partial charge is 0.465 e. The summed E-state index contributed by atoms with van der Waals surface area (Å²) in [6, 6.07) is 4.53. The van der Waals surface area contributed by atoms with Gasteiger partial charge in [-0.1, -0.05) is 0 Å². The molecule has 3 heterocycles. The molecule has 2 aliphatic rings. The van der Waals surface area contributed by atoms with E-state index in [1.165, 1.54) is 17.0 Å². The summed E-state index contributed by atoms with van der Waals surface area (Å²) in [6.45, 7) is 4.22. The van der Waals surface area contributed by atoms with Crippen molar-refractivity contribution in [2.75, 3.05) is 30.4 Å². The van der Waals surface area contributed by atoms with Crippen LogP contribution < -0.4 is 10.6 Å². The summed E-state index contributed by atoms with van der Waals surface area (Å²) in [5.41, 5.74) is 7.56. The van der Waals surface area contributed by atoms with Crippen molar-refractivity contribution < 1.29 is 19.0 Å². The predicted molar refractivity (Wildman–Crippen MR) is 96.7 cm³/mol. The van der Waals surface area contributed by atoms with Crippen LogP contribution in [-0.4, -0.2) is 51.9 Å². The zero-order valence-electron chi connectivity index (χ0n) is 14.9. The third kappa shape index (κ3) is 3.14. The number of halogens is 1. The molecule has 0 aliphatic carbocycles. The molecule has 142 valence electrons. The Balaban J connectivity index is 1.82. The van der Waals surface area contributed by atoms with Crippen molar-refractivity contribution in [2.24, 2.45) is 0 Å². The Bertz CT molecular complexity index is 907. The van der Waals surface area contributed by atoms with Crippen LogP contribution in [0.2, 0.25) is 0 Å². The Morgan fingerprint density at radius 2 is 2.19 bits per heavy atom. The van der Waals surface area contributed by atoms with E-state index in [4.69, 9.17) is 10.5 Å². The summed E-state index contributed by atoms with van der Waals surface area (Å²) in [7, 11) is 0. The van der Waals surface area contributed by atoms with Crippen LogP contribution in [0, 0.1) is 5.82 Å². The average Bonchev–Trinajstić information content (AvgIpc) is 3.08. The maximum atomic E-state index is 13.9. The number of rotatable bonds is 2. The number of nitrogen functional groups attached to an aromatic ring is 1. The molecule has 2 aromatic rings. The van der Waals surface area contributed by atoms with E-state index in [1.807, 2.05) is 6.92 Å². The zero-order valence-corrected chi connectivity index (χ0v) is 14.9. The minimum absolute atomic E-state index is 0.0546. The van der Waals surface area contributed by atoms with Crippen molar-refractivity contribution >= 4 is 17.6 Å². The smallest absolute Gasteiger partial charge is 0.407 e. The molecule has 1 saturated heterocycles. The number of fused-ring (bicyclic) bond motifs is 1. The molecule has 4 rings (SSSR count). The fourth-order valence-corrected chi connectivity index (χ4v) is 3.45. The third-order valence-electron chi connectivity index (χ3n) is 4.93. The molecule has 1 unspecified atom stereocenters. The SMILES string of the molecule is CC1COCCN1c1nc(-c2ccc(N)c(F)c2)nc2c1CN(C(=O)O)C2. The molecule has 2 aliphatic heterocycles. The van der Waals surface area contributed by atoms with Gasteiger partial charge in [0.1, 0.15) is 11.6 Å². The summed E-state index contributed by atoms with van der Waals surface area (Å²) in [5, 5.41) is 9.37. The number of morpholine rings is 1. The molecule has 1 aromatic heterocycles. The lowest BCUT2D eigenvalue weighted by Gasteiger charge is -2.35. The highest BCUT2D eigenvalue weighted by Gasteiger charge is 2.32. The van der Waals surface area contributed by atoms with Gasteiger partial charge in [-0.05, 0) is 25.1 Å². The first-order chi connectivity index (χ1) is 12.9. The predicted octanol–water partition coefficient (Wildman–Crippen LogP) is 2.08. The standard InChI is InChI=1S/C18H20FN5O3/c1-10-9-27-5-4-24(10)17-12-7-23(18(25)26)8-15(12)21-16(22-17)11-2-3-14(20)13(19)6-11/h2-3,6,10H,4-5,7-9,20H2,1H3,(H,25,26). The lowest BCUT2D eigenvalue weighted by atomic mass is 10.1. The quantitative estimate of drug-likeness (QED) is 0.777. The van der Waals surface area contributed by atoms with Crippen molar-refractivity contribution in [3.05, 3.63) is 35.3 Å². The van der Waals surface area contributed by atoms with Crippen LogP contribution in [0.5, 0.6) is 0 Å². The Labute approximate surface area is 155 Å². The summed E-state index contributed by atoms with van der Waals surface area (Å²) >= 11 is 0. The first kappa shape index (κ1) is 17.5. The van der Waals surface area contributed by atoms with Gasteiger partial charge in [0.25, 0.3) is 0 Å². The maximum absolute atomic E-state index is 13.9. The Morgan fingerprint density at radius 1 is 1.37 bits per heavy atom. The summed E-state index contributed by atoms with van der Waals surface area (Å²) in [4.78, 5) is 24.0. The van der Waals surface area contributed by atoms with Crippen molar-refractivity contribution in [3.8, 4) is 11.4 Å². The van der Waals surface area contributed by atoms with Crippen LogP contribution in [-0.2, 0) is 17.8 Å². The van der Waals surface area contributed by atoms with E-state index in [0.29, 0.717) is 42.7 Å². The number of aromatic nitrogens is 2. The van der Waals surface area contributed by atoms with E-state index in [0.717, 1.165) is 5.56 Å². The normalized spacial score (nSPS) is 19.3. The molecule has 0 radical (unpaired) electrons. The van der Waals surface area contributed by atoms with Crippen LogP contribution in [0.25, 0.3) is 11.4 Å². The Morgan fingerprint density at radius 3 is 2.89 bits per heavy atom. The number of ether oxygens (including phenoxy) is 1. The molecule has 1 aromatic carbocycles. The highest BCUT2D eigenvalue weighted by atomic mass is 19.1. The van der Waals surface area contributed by atoms with Gasteiger partial charge in [-0.15, -0.1) is 0 Å². The lowest BCUT2D eigenvalue weighted by molar-refractivity contribution is 0.0983. The van der Waals surface area contributed by atoms with Gasteiger partial charge in [-0.2, -0.15) is 0 Å². The van der Waals surface area contributed by atoms with Gasteiger partial charge >= 0.3 is 6.09 Å². The van der Waals surface area contributed by atoms with E-state index >= 15 is 0 Å². The minimum Gasteiger partial charge on any atom is -0.465 e. The van der Waals surface area contributed by atoms with Gasteiger partial charge in [0.2, 0.25) is 0 Å². The summed E-state index contributed by atoms with van der Waals surface area (Å²) in [6.07, 6.45) is -1.01. The number of benzene rings is 1. The number of hydrogen-bond donors (Lipinski definition) is 2. The first-order valence-corrected chi connectivity index (χ1v) is 8.71. The monoisotopic (exact) mass is 373 g/mol. The molecular weight excluding hydrogens is 353 g/mol. The van der Waals surface area contributed by atoms with Crippen molar-refractivity contribution in [1.82, 2.24) is 14.9 Å². The Kier molecular flexibility index (Phi) is 4.31. The second-order valence-electron chi connectivity index (χ2n) is 6.79. The van der Waals surface area contributed by atoms with E-state index in [1.54, 1.807) is 6.07 Å². The molecule has 3 N–H and O–H groups in total. The molecule has 27 heavy (non-hydrogen) atoms. The van der Waals surface area contributed by atoms with Gasteiger partial charge in [-0.25, -0.2) is 19.2 Å². The van der Waals surface area contributed by atoms with Crippen molar-refractivity contribution in [2.45, 2.75) is 26.1 Å². The van der Waals surface area contributed by atoms with Crippen molar-refractivity contribution in [1.29, 1.82) is 0 Å². The highest BCUT2D eigenvalue weighted by Crippen LogP contribution is 2.33. The van der Waals surface area contributed by atoms with Gasteiger partial charge in [0.15, 0.2) is 5.82 Å². The molecule has 8 nitrogen and oxygen atoms in total. The van der Waals surface area contributed by atoms with Crippen LogP contribution in [0.4, 0.5) is 20.7 Å². The van der Waals surface area contributed by atoms with Gasteiger partial charge < -0.3 is 20.5 Å². The number of carbonyl (C=O) groups is 1. The Hall–Kier alpha value is -2.94. The molecule has 1 amide bonds. The van der Waals surface area contributed by atoms with Crippen LogP contribution in [0.1, 0.15) is 18.2 Å². The van der Waals surface area contributed by atoms with Crippen LogP contribution in [0.3, 0.4) is 0 Å². The summed E-state index contributed by atoms with van der Waals surface area (Å²) < 4.78 is 19.4. The maximum Gasteiger partial charge on any atom is 0.407 e. The second kappa shape index (κ2) is 6.66. The van der Waals surface area contributed by atoms with E-state index in [2.05, 4.69) is 14.9 Å². The molecular formula is C18H20FN5O3. The molecule has 0 bridgehead atoms. The van der Waals surface area contributed by atoms with Crippen molar-refractivity contribution in [3.63, 3.8) is 0 Å². The summed E-state index contributed by atoms with van der Waals surface area (Å²) in [5.74, 6) is 0.505. The molecule has 1 fully saturated rings. The number of amides is 1. The lowest BCUT2D eigenvalue weighted by Crippen LogP contribution is -2.44. The van der Waals surface area contributed by atoms with Crippen LogP contribution in [0.15, 0.2) is 18.2 Å². The number of hydrogen-bond acceptors (Lipinski definition) is 6. The van der Waals surface area contributed by atoms with E-state index < -0.39 is 11.9 Å². The topological polar surface area (TPSA) is 105 Å².